The fourth-order valence-corrected chi connectivity index (χ4v) is 1.01. The molecule has 2 N–H and O–H groups in total. The quantitative estimate of drug-likeness (QED) is 0.563. The number of nitrogens with zero attached hydrogens (tertiary/aromatic N) is 1. The van der Waals surface area contributed by atoms with E-state index in [2.05, 4.69) is 21.6 Å². The second-order valence-corrected chi connectivity index (χ2v) is 2.86. The van der Waals surface area contributed by atoms with Gasteiger partial charge in [-0.1, -0.05) is 11.8 Å². The number of aromatic nitrogens is 1. The molecule has 0 aliphatic rings. The molecule has 0 saturated heterocycles. The van der Waals surface area contributed by atoms with Crippen molar-refractivity contribution in [3.8, 4) is 11.8 Å². The number of hydrogen-bond donors (Lipinski definition) is 1. The lowest BCUT2D eigenvalue weighted by molar-refractivity contribution is -0.117. The third-order valence-electron chi connectivity index (χ3n) is 1.71. The van der Waals surface area contributed by atoms with Crippen LogP contribution in [0, 0.1) is 11.8 Å². The number of carbonyl (C=O) groups is 2. The molecule has 0 aliphatic heterocycles. The number of pyridine rings is 1. The van der Waals surface area contributed by atoms with Crippen molar-refractivity contribution in [1.29, 1.82) is 0 Å². The minimum Gasteiger partial charge on any atom is -0.465 e. The van der Waals surface area contributed by atoms with E-state index in [1.807, 2.05) is 0 Å². The number of nitrogens with two attached hydrogens (primary N) is 1. The average molecular weight is 218 g/mol. The van der Waals surface area contributed by atoms with Crippen molar-refractivity contribution in [3.05, 3.63) is 29.6 Å². The molecule has 5 nitrogen and oxygen atoms in total. The number of methoxy groups -OCH3 is 1. The van der Waals surface area contributed by atoms with Crippen molar-refractivity contribution >= 4 is 11.9 Å². The van der Waals surface area contributed by atoms with E-state index in [4.69, 9.17) is 5.73 Å². The first-order valence-electron chi connectivity index (χ1n) is 4.44. The monoisotopic (exact) mass is 218 g/mol. The Kier molecular flexibility index (Phi) is 4.04. The van der Waals surface area contributed by atoms with Crippen molar-refractivity contribution in [2.75, 3.05) is 7.11 Å². The molecule has 0 saturated carbocycles. The highest BCUT2D eigenvalue weighted by molar-refractivity contribution is 5.92. The van der Waals surface area contributed by atoms with Gasteiger partial charge in [0.25, 0.3) is 0 Å². The van der Waals surface area contributed by atoms with Gasteiger partial charge in [0.2, 0.25) is 5.91 Å². The van der Waals surface area contributed by atoms with Gasteiger partial charge in [0.1, 0.15) is 0 Å². The molecule has 5 heteroatoms. The fourth-order valence-electron chi connectivity index (χ4n) is 1.01. The van der Waals surface area contributed by atoms with Gasteiger partial charge >= 0.3 is 5.97 Å². The first kappa shape index (κ1) is 11.7. The molecule has 16 heavy (non-hydrogen) atoms. The third-order valence-corrected chi connectivity index (χ3v) is 1.71. The Bertz CT molecular complexity index is 472. The van der Waals surface area contributed by atoms with Crippen molar-refractivity contribution in [2.45, 2.75) is 6.42 Å². The first-order chi connectivity index (χ1) is 7.65. The number of esters is 1. The Hall–Kier alpha value is -2.35. The minimum absolute atomic E-state index is 0.0600. The summed E-state index contributed by atoms with van der Waals surface area (Å²) in [4.78, 5) is 25.6. The molecule has 0 unspecified atom stereocenters. The van der Waals surface area contributed by atoms with Gasteiger partial charge in [0.05, 0.1) is 24.7 Å². The highest BCUT2D eigenvalue weighted by Gasteiger charge is 2.09. The summed E-state index contributed by atoms with van der Waals surface area (Å²) in [7, 11) is 1.28. The summed E-state index contributed by atoms with van der Waals surface area (Å²) < 4.78 is 4.58. The van der Waals surface area contributed by atoms with Crippen molar-refractivity contribution in [3.63, 3.8) is 0 Å². The van der Waals surface area contributed by atoms with Gasteiger partial charge in [-0.3, -0.25) is 9.78 Å². The molecule has 0 aromatic carbocycles. The lowest BCUT2D eigenvalue weighted by Crippen LogP contribution is -2.08. The van der Waals surface area contributed by atoms with Gasteiger partial charge in [-0.2, -0.15) is 0 Å². The summed E-state index contributed by atoms with van der Waals surface area (Å²) in [5.41, 5.74) is 5.66. The normalized spacial score (nSPS) is 8.81. The van der Waals surface area contributed by atoms with Crippen LogP contribution in [0.2, 0.25) is 0 Å². The molecule has 0 radical (unpaired) electrons. The van der Waals surface area contributed by atoms with Crippen LogP contribution >= 0.6 is 0 Å². The largest absolute Gasteiger partial charge is 0.465 e. The van der Waals surface area contributed by atoms with Crippen LogP contribution < -0.4 is 5.73 Å². The van der Waals surface area contributed by atoms with Gasteiger partial charge in [-0.25, -0.2) is 4.79 Å². The SMILES string of the molecule is COC(=O)c1ccncc1C#CCC(N)=O. The van der Waals surface area contributed by atoms with Crippen LogP contribution in [0.1, 0.15) is 22.3 Å². The highest BCUT2D eigenvalue weighted by atomic mass is 16.5. The molecule has 0 atom stereocenters. The zero-order valence-electron chi connectivity index (χ0n) is 8.69. The Morgan fingerprint density at radius 1 is 1.56 bits per heavy atom. The summed E-state index contributed by atoms with van der Waals surface area (Å²) in [5, 5.41) is 0. The molecule has 82 valence electrons. The Morgan fingerprint density at radius 3 is 2.94 bits per heavy atom. The van der Waals surface area contributed by atoms with E-state index in [1.54, 1.807) is 0 Å². The van der Waals surface area contributed by atoms with Gasteiger partial charge in [-0.15, -0.1) is 0 Å². The van der Waals surface area contributed by atoms with E-state index in [-0.39, 0.29) is 6.42 Å². The molecule has 1 aromatic heterocycles. The first-order valence-corrected chi connectivity index (χ1v) is 4.44. The van der Waals surface area contributed by atoms with Crippen LogP contribution in [0.4, 0.5) is 0 Å². The highest BCUT2D eigenvalue weighted by Crippen LogP contribution is 2.06. The zero-order valence-corrected chi connectivity index (χ0v) is 8.69. The summed E-state index contributed by atoms with van der Waals surface area (Å²) >= 11 is 0. The number of amides is 1. The van der Waals surface area contributed by atoms with E-state index in [9.17, 15) is 9.59 Å². The molecule has 1 heterocycles. The van der Waals surface area contributed by atoms with Crippen molar-refractivity contribution in [2.24, 2.45) is 5.73 Å². The van der Waals surface area contributed by atoms with Crippen molar-refractivity contribution in [1.82, 2.24) is 4.98 Å². The molecule has 1 amide bonds. The number of rotatable bonds is 2. The van der Waals surface area contributed by atoms with Crippen LogP contribution in [0.3, 0.4) is 0 Å². The van der Waals surface area contributed by atoms with Crippen LogP contribution in [-0.4, -0.2) is 24.0 Å². The third kappa shape index (κ3) is 3.10. The van der Waals surface area contributed by atoms with Crippen molar-refractivity contribution < 1.29 is 14.3 Å². The van der Waals surface area contributed by atoms with Gasteiger partial charge < -0.3 is 10.5 Å². The summed E-state index contributed by atoms with van der Waals surface area (Å²) in [6.45, 7) is 0. The fraction of sp³-hybridized carbons (Fsp3) is 0.182. The Balaban J connectivity index is 2.98. The summed E-state index contributed by atoms with van der Waals surface area (Å²) in [5.74, 6) is 4.18. The van der Waals surface area contributed by atoms with Gasteiger partial charge in [-0.05, 0) is 6.07 Å². The molecule has 0 bridgehead atoms. The van der Waals surface area contributed by atoms with Crippen LogP contribution in [0.25, 0.3) is 0 Å². The van der Waals surface area contributed by atoms with Crippen LogP contribution in [-0.2, 0) is 9.53 Å². The second kappa shape index (κ2) is 5.51. The Morgan fingerprint density at radius 2 is 2.31 bits per heavy atom. The summed E-state index contributed by atoms with van der Waals surface area (Å²) in [6, 6.07) is 1.50. The molecule has 1 rings (SSSR count). The topological polar surface area (TPSA) is 82.3 Å². The standard InChI is InChI=1S/C11H10N2O3/c1-16-11(15)9-5-6-13-7-8(9)3-2-4-10(12)14/h5-7H,4H2,1H3,(H2,12,14). The number of hydrogen-bond acceptors (Lipinski definition) is 4. The van der Waals surface area contributed by atoms with E-state index < -0.39 is 11.9 Å². The smallest absolute Gasteiger partial charge is 0.339 e. The summed E-state index contributed by atoms with van der Waals surface area (Å²) in [6.07, 6.45) is 2.83. The number of ether oxygens (including phenoxy) is 1. The van der Waals surface area contributed by atoms with Gasteiger partial charge in [0.15, 0.2) is 0 Å². The molecule has 0 spiro atoms. The number of carbonyl (C=O) groups excluding carboxylic acids is 2. The van der Waals surface area contributed by atoms with E-state index in [0.717, 1.165) is 0 Å². The molecular weight excluding hydrogens is 208 g/mol. The van der Waals surface area contributed by atoms with Gasteiger partial charge in [0, 0.05) is 12.4 Å². The van der Waals surface area contributed by atoms with Crippen LogP contribution in [0.5, 0.6) is 0 Å². The van der Waals surface area contributed by atoms with E-state index >= 15 is 0 Å². The predicted octanol–water partition coefficient (Wildman–Crippen LogP) is 0.0951. The number of primary amides is 1. The zero-order chi connectivity index (χ0) is 12.0. The maximum atomic E-state index is 11.3. The predicted molar refractivity (Wildman–Crippen MR) is 56.3 cm³/mol. The van der Waals surface area contributed by atoms with E-state index in [1.165, 1.54) is 25.6 Å². The second-order valence-electron chi connectivity index (χ2n) is 2.86. The molecular formula is C11H10N2O3. The molecule has 0 aliphatic carbocycles. The molecule has 0 fully saturated rings. The molecule has 1 aromatic rings. The average Bonchev–Trinajstić information content (AvgIpc) is 2.28. The maximum Gasteiger partial charge on any atom is 0.339 e. The van der Waals surface area contributed by atoms with E-state index in [0.29, 0.717) is 11.1 Å². The minimum atomic E-state index is -0.518. The lowest BCUT2D eigenvalue weighted by atomic mass is 10.1. The lowest BCUT2D eigenvalue weighted by Gasteiger charge is -2.00. The maximum absolute atomic E-state index is 11.3. The Labute approximate surface area is 92.6 Å². The van der Waals surface area contributed by atoms with Crippen LogP contribution in [0.15, 0.2) is 18.5 Å².